The molecular formula is C16H21NO2S. The van der Waals surface area contributed by atoms with Crippen molar-refractivity contribution in [2.75, 3.05) is 19.8 Å². The SMILES string of the molecule is CCOc1cccc(OCCNC(C)c2cccs2)c1. The number of benzene rings is 1. The molecule has 0 spiro atoms. The van der Waals surface area contributed by atoms with Crippen molar-refractivity contribution in [2.24, 2.45) is 0 Å². The Morgan fingerprint density at radius 1 is 1.15 bits per heavy atom. The van der Waals surface area contributed by atoms with Gasteiger partial charge in [-0.05, 0) is 37.4 Å². The second-order valence-electron chi connectivity index (χ2n) is 4.45. The summed E-state index contributed by atoms with van der Waals surface area (Å²) in [4.78, 5) is 1.35. The first-order chi connectivity index (χ1) is 9.79. The third-order valence-electron chi connectivity index (χ3n) is 2.91. The fourth-order valence-corrected chi connectivity index (χ4v) is 2.66. The third kappa shape index (κ3) is 4.54. The van der Waals surface area contributed by atoms with Crippen molar-refractivity contribution in [3.05, 3.63) is 46.7 Å². The van der Waals surface area contributed by atoms with Crippen LogP contribution in [0.5, 0.6) is 11.5 Å². The van der Waals surface area contributed by atoms with E-state index in [0.717, 1.165) is 18.0 Å². The zero-order valence-corrected chi connectivity index (χ0v) is 12.8. The van der Waals surface area contributed by atoms with Crippen LogP contribution in [-0.4, -0.2) is 19.8 Å². The lowest BCUT2D eigenvalue weighted by Crippen LogP contribution is -2.23. The summed E-state index contributed by atoms with van der Waals surface area (Å²) in [5.41, 5.74) is 0. The lowest BCUT2D eigenvalue weighted by atomic mass is 10.3. The molecule has 0 aliphatic carbocycles. The van der Waals surface area contributed by atoms with Crippen LogP contribution in [-0.2, 0) is 0 Å². The quantitative estimate of drug-likeness (QED) is 0.749. The minimum Gasteiger partial charge on any atom is -0.494 e. The maximum atomic E-state index is 5.72. The summed E-state index contributed by atoms with van der Waals surface area (Å²) in [7, 11) is 0. The van der Waals surface area contributed by atoms with Gasteiger partial charge in [0.1, 0.15) is 18.1 Å². The number of nitrogens with one attached hydrogen (secondary N) is 1. The zero-order chi connectivity index (χ0) is 14.2. The molecule has 0 radical (unpaired) electrons. The van der Waals surface area contributed by atoms with E-state index in [1.165, 1.54) is 4.88 Å². The highest BCUT2D eigenvalue weighted by Gasteiger charge is 2.04. The molecule has 0 aliphatic heterocycles. The van der Waals surface area contributed by atoms with Crippen LogP contribution in [0.25, 0.3) is 0 Å². The molecule has 0 saturated carbocycles. The minimum absolute atomic E-state index is 0.369. The minimum atomic E-state index is 0.369. The zero-order valence-electron chi connectivity index (χ0n) is 12.0. The molecule has 0 saturated heterocycles. The molecular weight excluding hydrogens is 270 g/mol. The van der Waals surface area contributed by atoms with Gasteiger partial charge in [-0.15, -0.1) is 11.3 Å². The van der Waals surface area contributed by atoms with Gasteiger partial charge in [0.2, 0.25) is 0 Å². The lowest BCUT2D eigenvalue weighted by Gasteiger charge is -2.13. The fraction of sp³-hybridized carbons (Fsp3) is 0.375. The average Bonchev–Trinajstić information content (AvgIpc) is 2.98. The Morgan fingerprint density at radius 2 is 1.95 bits per heavy atom. The predicted molar refractivity (Wildman–Crippen MR) is 83.8 cm³/mol. The van der Waals surface area contributed by atoms with Crippen molar-refractivity contribution >= 4 is 11.3 Å². The number of hydrogen-bond donors (Lipinski definition) is 1. The second kappa shape index (κ2) is 7.92. The first kappa shape index (κ1) is 14.9. The van der Waals surface area contributed by atoms with Gasteiger partial charge in [-0.25, -0.2) is 0 Å². The van der Waals surface area contributed by atoms with Crippen LogP contribution in [0.15, 0.2) is 41.8 Å². The molecule has 2 aromatic rings. The molecule has 0 fully saturated rings. The molecule has 108 valence electrons. The Morgan fingerprint density at radius 3 is 2.65 bits per heavy atom. The standard InChI is InChI=1S/C16H21NO2S/c1-3-18-14-6-4-7-15(12-14)19-10-9-17-13(2)16-8-5-11-20-16/h4-8,11-13,17H,3,9-10H2,1-2H3. The molecule has 1 atom stereocenters. The second-order valence-corrected chi connectivity index (χ2v) is 5.43. The average molecular weight is 291 g/mol. The third-order valence-corrected chi connectivity index (χ3v) is 3.96. The Labute approximate surface area is 124 Å². The van der Waals surface area contributed by atoms with Gasteiger partial charge in [0.25, 0.3) is 0 Å². The van der Waals surface area contributed by atoms with E-state index in [9.17, 15) is 0 Å². The molecule has 3 nitrogen and oxygen atoms in total. The molecule has 4 heteroatoms. The number of rotatable bonds is 8. The van der Waals surface area contributed by atoms with Crippen LogP contribution in [0.1, 0.15) is 24.8 Å². The van der Waals surface area contributed by atoms with E-state index in [1.807, 2.05) is 31.2 Å². The van der Waals surface area contributed by atoms with Gasteiger partial charge in [-0.3, -0.25) is 0 Å². The van der Waals surface area contributed by atoms with Crippen LogP contribution in [0, 0.1) is 0 Å². The van der Waals surface area contributed by atoms with Gasteiger partial charge in [0, 0.05) is 23.5 Å². The van der Waals surface area contributed by atoms with Gasteiger partial charge in [-0.1, -0.05) is 12.1 Å². The van der Waals surface area contributed by atoms with Crippen LogP contribution < -0.4 is 14.8 Å². The highest BCUT2D eigenvalue weighted by Crippen LogP contribution is 2.20. The van der Waals surface area contributed by atoms with Crippen molar-refractivity contribution in [1.29, 1.82) is 0 Å². The van der Waals surface area contributed by atoms with Crippen molar-refractivity contribution in [3.8, 4) is 11.5 Å². The maximum Gasteiger partial charge on any atom is 0.123 e. The molecule has 1 heterocycles. The number of ether oxygens (including phenoxy) is 2. The van der Waals surface area contributed by atoms with Crippen molar-refractivity contribution in [2.45, 2.75) is 19.9 Å². The summed E-state index contributed by atoms with van der Waals surface area (Å²) < 4.78 is 11.2. The maximum absolute atomic E-state index is 5.72. The summed E-state index contributed by atoms with van der Waals surface area (Å²) in [5.74, 6) is 1.70. The smallest absolute Gasteiger partial charge is 0.123 e. The van der Waals surface area contributed by atoms with Crippen molar-refractivity contribution in [3.63, 3.8) is 0 Å². The normalized spacial score (nSPS) is 12.1. The molecule has 0 bridgehead atoms. The van der Waals surface area contributed by atoms with E-state index in [2.05, 4.69) is 29.8 Å². The number of hydrogen-bond acceptors (Lipinski definition) is 4. The van der Waals surface area contributed by atoms with E-state index in [1.54, 1.807) is 11.3 Å². The molecule has 1 N–H and O–H groups in total. The predicted octanol–water partition coefficient (Wildman–Crippen LogP) is 3.88. The highest BCUT2D eigenvalue weighted by molar-refractivity contribution is 7.10. The van der Waals surface area contributed by atoms with E-state index in [0.29, 0.717) is 19.3 Å². The first-order valence-electron chi connectivity index (χ1n) is 6.92. The number of thiophene rings is 1. The van der Waals surface area contributed by atoms with Gasteiger partial charge >= 0.3 is 0 Å². The summed E-state index contributed by atoms with van der Waals surface area (Å²) in [6, 6.07) is 12.4. The van der Waals surface area contributed by atoms with Gasteiger partial charge in [0.05, 0.1) is 6.61 Å². The Bertz CT molecular complexity index is 499. The molecule has 1 unspecified atom stereocenters. The van der Waals surface area contributed by atoms with Crippen LogP contribution in [0.4, 0.5) is 0 Å². The lowest BCUT2D eigenvalue weighted by molar-refractivity contribution is 0.302. The topological polar surface area (TPSA) is 30.5 Å². The van der Waals surface area contributed by atoms with Crippen LogP contribution in [0.3, 0.4) is 0 Å². The van der Waals surface area contributed by atoms with Gasteiger partial charge in [-0.2, -0.15) is 0 Å². The fourth-order valence-electron chi connectivity index (χ4n) is 1.90. The van der Waals surface area contributed by atoms with Crippen LogP contribution in [0.2, 0.25) is 0 Å². The summed E-state index contributed by atoms with van der Waals surface area (Å²) in [6.07, 6.45) is 0. The summed E-state index contributed by atoms with van der Waals surface area (Å²) in [5, 5.41) is 5.55. The first-order valence-corrected chi connectivity index (χ1v) is 7.80. The van der Waals surface area contributed by atoms with Crippen molar-refractivity contribution in [1.82, 2.24) is 5.32 Å². The van der Waals surface area contributed by atoms with E-state index < -0.39 is 0 Å². The summed E-state index contributed by atoms with van der Waals surface area (Å²) in [6.45, 7) is 6.28. The molecule has 20 heavy (non-hydrogen) atoms. The summed E-state index contributed by atoms with van der Waals surface area (Å²) >= 11 is 1.77. The molecule has 1 aromatic heterocycles. The Balaban J connectivity index is 1.71. The largest absolute Gasteiger partial charge is 0.494 e. The monoisotopic (exact) mass is 291 g/mol. The highest BCUT2D eigenvalue weighted by atomic mass is 32.1. The Kier molecular flexibility index (Phi) is 5.89. The molecule has 0 amide bonds. The van der Waals surface area contributed by atoms with Gasteiger partial charge < -0.3 is 14.8 Å². The van der Waals surface area contributed by atoms with Gasteiger partial charge in [0.15, 0.2) is 0 Å². The molecule has 0 aliphatic rings. The van der Waals surface area contributed by atoms with E-state index in [-0.39, 0.29) is 0 Å². The Hall–Kier alpha value is -1.52. The van der Waals surface area contributed by atoms with Crippen molar-refractivity contribution < 1.29 is 9.47 Å². The molecule has 1 aromatic carbocycles. The molecule has 2 rings (SSSR count). The van der Waals surface area contributed by atoms with Crippen LogP contribution >= 0.6 is 11.3 Å². The van der Waals surface area contributed by atoms with E-state index in [4.69, 9.17) is 9.47 Å². The van der Waals surface area contributed by atoms with E-state index >= 15 is 0 Å².